The Morgan fingerprint density at radius 2 is 2.16 bits per heavy atom. The lowest BCUT2D eigenvalue weighted by atomic mass is 10.2. The normalized spacial score (nSPS) is 26.2. The van der Waals surface area contributed by atoms with E-state index >= 15 is 0 Å². The molecule has 1 aromatic rings. The minimum Gasteiger partial charge on any atom is -0.394 e. The van der Waals surface area contributed by atoms with Gasteiger partial charge in [-0.25, -0.2) is 9.36 Å². The number of nitrogens with two attached hydrogens (primary N) is 1. The molecule has 1 aliphatic rings. The molecule has 0 aromatic carbocycles. The summed E-state index contributed by atoms with van der Waals surface area (Å²) in [5.41, 5.74) is 3.88. The topological polar surface area (TPSA) is 111 Å². The Hall–Kier alpha value is -1.29. The number of aromatic nitrogens is 2. The summed E-state index contributed by atoms with van der Waals surface area (Å²) >= 11 is 0. The largest absolute Gasteiger partial charge is 0.394 e. The van der Waals surface area contributed by atoms with Crippen LogP contribution in [-0.2, 0) is 4.74 Å². The van der Waals surface area contributed by atoms with E-state index in [4.69, 9.17) is 15.6 Å². The molecule has 1 aliphatic heterocycles. The maximum absolute atomic E-state index is 13.6. The maximum Gasteiger partial charge on any atom is 0.354 e. The highest BCUT2D eigenvalue weighted by molar-refractivity contribution is 5.85. The lowest BCUT2D eigenvalue weighted by Gasteiger charge is -2.15. The molecule has 0 amide bonds. The third-order valence-corrected chi connectivity index (χ3v) is 2.71. The lowest BCUT2D eigenvalue weighted by Crippen LogP contribution is -2.32. The first kappa shape index (κ1) is 15.8. The number of nitrogen functional groups attached to an aromatic ring is 1. The van der Waals surface area contributed by atoms with Gasteiger partial charge in [0.15, 0.2) is 5.82 Å². The summed E-state index contributed by atoms with van der Waals surface area (Å²) in [4.78, 5) is 14.5. The summed E-state index contributed by atoms with van der Waals surface area (Å²) in [5.74, 6) is -3.81. The number of anilines is 1. The molecule has 4 N–H and O–H groups in total. The van der Waals surface area contributed by atoms with E-state index in [-0.39, 0.29) is 18.8 Å². The van der Waals surface area contributed by atoms with Gasteiger partial charge in [0.25, 0.3) is 0 Å². The molecular weight excluding hydrogens is 288 g/mol. The van der Waals surface area contributed by atoms with Crippen LogP contribution in [0.1, 0.15) is 12.6 Å². The van der Waals surface area contributed by atoms with Crippen molar-refractivity contribution in [1.82, 2.24) is 9.55 Å². The van der Waals surface area contributed by atoms with Crippen LogP contribution in [0.4, 0.5) is 14.6 Å². The highest BCUT2D eigenvalue weighted by atomic mass is 35.5. The van der Waals surface area contributed by atoms with Crippen molar-refractivity contribution in [2.75, 3.05) is 12.3 Å². The predicted molar refractivity (Wildman–Crippen MR) is 61.7 cm³/mol. The van der Waals surface area contributed by atoms with E-state index < -0.39 is 48.3 Å². The molecule has 0 spiro atoms. The molecule has 1 aromatic heterocycles. The first-order valence-electron chi connectivity index (χ1n) is 5.13. The molecule has 0 saturated carbocycles. The van der Waals surface area contributed by atoms with Gasteiger partial charge in [-0.1, -0.05) is 0 Å². The maximum atomic E-state index is 13.6. The van der Waals surface area contributed by atoms with Crippen molar-refractivity contribution in [3.8, 4) is 0 Å². The van der Waals surface area contributed by atoms with Gasteiger partial charge in [0.05, 0.1) is 12.7 Å². The zero-order valence-electron chi connectivity index (χ0n) is 9.49. The minimum atomic E-state index is -1.51. The Kier molecular flexibility index (Phi) is 4.80. The standard InChI is InChI=1S/C9H11F2N3O4.ClH/c10-6-7(11)14(9(17)13-8(6)12)5-1-3(16)4(2-15)18-5;/h3-5,15-16H,1-2H2,(H2,12,13,17);1H/t3-,4+,5+;/m0./s1. The van der Waals surface area contributed by atoms with Gasteiger partial charge in [-0.3, -0.25) is 0 Å². The summed E-state index contributed by atoms with van der Waals surface area (Å²) in [6.07, 6.45) is -3.42. The monoisotopic (exact) mass is 299 g/mol. The van der Waals surface area contributed by atoms with Crippen molar-refractivity contribution in [2.45, 2.75) is 24.9 Å². The molecular formula is C9H12ClF2N3O4. The van der Waals surface area contributed by atoms with Crippen LogP contribution in [0.5, 0.6) is 0 Å². The molecule has 0 bridgehead atoms. The molecule has 0 aliphatic carbocycles. The van der Waals surface area contributed by atoms with Gasteiger partial charge in [-0.2, -0.15) is 13.8 Å². The van der Waals surface area contributed by atoms with Crippen LogP contribution in [0.25, 0.3) is 0 Å². The lowest BCUT2D eigenvalue weighted by molar-refractivity contribution is -0.0499. The number of halogens is 3. The van der Waals surface area contributed by atoms with Gasteiger partial charge in [0.1, 0.15) is 12.3 Å². The highest BCUT2D eigenvalue weighted by Crippen LogP contribution is 2.28. The summed E-state index contributed by atoms with van der Waals surface area (Å²) in [6.45, 7) is -0.501. The average Bonchev–Trinajstić information content (AvgIpc) is 2.67. The molecule has 3 atom stereocenters. The van der Waals surface area contributed by atoms with Gasteiger partial charge in [0, 0.05) is 6.42 Å². The van der Waals surface area contributed by atoms with Gasteiger partial charge in [-0.05, 0) is 0 Å². The first-order valence-corrected chi connectivity index (χ1v) is 5.13. The van der Waals surface area contributed by atoms with E-state index in [1.54, 1.807) is 0 Å². The molecule has 10 heteroatoms. The fraction of sp³-hybridized carbons (Fsp3) is 0.556. The van der Waals surface area contributed by atoms with Crippen LogP contribution in [0.15, 0.2) is 4.79 Å². The molecule has 2 heterocycles. The van der Waals surface area contributed by atoms with E-state index in [0.29, 0.717) is 4.57 Å². The van der Waals surface area contributed by atoms with Crippen molar-refractivity contribution < 1.29 is 23.7 Å². The Morgan fingerprint density at radius 1 is 1.53 bits per heavy atom. The zero-order chi connectivity index (χ0) is 13.4. The quantitative estimate of drug-likeness (QED) is 0.615. The van der Waals surface area contributed by atoms with Crippen LogP contribution in [0.3, 0.4) is 0 Å². The fourth-order valence-corrected chi connectivity index (χ4v) is 1.79. The Labute approximate surface area is 112 Å². The molecule has 1 saturated heterocycles. The summed E-state index contributed by atoms with van der Waals surface area (Å²) in [7, 11) is 0. The summed E-state index contributed by atoms with van der Waals surface area (Å²) < 4.78 is 32.2. The summed E-state index contributed by atoms with van der Waals surface area (Å²) in [5, 5.41) is 18.3. The molecule has 0 radical (unpaired) electrons. The predicted octanol–water partition coefficient (Wildman–Crippen LogP) is -0.834. The van der Waals surface area contributed by atoms with Crippen molar-refractivity contribution >= 4 is 18.2 Å². The highest BCUT2D eigenvalue weighted by Gasteiger charge is 2.37. The number of hydrogen-bond donors (Lipinski definition) is 3. The smallest absolute Gasteiger partial charge is 0.354 e. The van der Waals surface area contributed by atoms with Crippen molar-refractivity contribution in [3.05, 3.63) is 22.2 Å². The molecule has 7 nitrogen and oxygen atoms in total. The van der Waals surface area contributed by atoms with Gasteiger partial charge < -0.3 is 20.7 Å². The first-order chi connectivity index (χ1) is 8.45. The van der Waals surface area contributed by atoms with Crippen LogP contribution < -0.4 is 11.4 Å². The van der Waals surface area contributed by atoms with E-state index in [9.17, 15) is 18.7 Å². The van der Waals surface area contributed by atoms with Gasteiger partial charge in [0.2, 0.25) is 11.8 Å². The van der Waals surface area contributed by atoms with Crippen LogP contribution in [0.2, 0.25) is 0 Å². The third-order valence-electron chi connectivity index (χ3n) is 2.71. The molecule has 0 unspecified atom stereocenters. The molecule has 2 rings (SSSR count). The second-order valence-electron chi connectivity index (χ2n) is 3.87. The van der Waals surface area contributed by atoms with Crippen molar-refractivity contribution in [2.24, 2.45) is 0 Å². The van der Waals surface area contributed by atoms with Gasteiger partial charge in [-0.15, -0.1) is 12.4 Å². The SMILES string of the molecule is Cl.Nc1nc(=O)n([C@H]2C[C@H](O)[C@@H](CO)O2)c(F)c1F. The Bertz CT molecular complexity index is 527. The number of ether oxygens (including phenoxy) is 1. The van der Waals surface area contributed by atoms with E-state index in [2.05, 4.69) is 4.98 Å². The second kappa shape index (κ2) is 5.78. The average molecular weight is 300 g/mol. The van der Waals surface area contributed by atoms with Gasteiger partial charge >= 0.3 is 5.69 Å². The number of nitrogens with zero attached hydrogens (tertiary/aromatic N) is 2. The Morgan fingerprint density at radius 3 is 2.68 bits per heavy atom. The molecule has 108 valence electrons. The minimum absolute atomic E-state index is 0. The molecule has 1 fully saturated rings. The number of hydrogen-bond acceptors (Lipinski definition) is 6. The Balaban J connectivity index is 0.00000180. The zero-order valence-corrected chi connectivity index (χ0v) is 10.3. The number of aliphatic hydroxyl groups excluding tert-OH is 2. The van der Waals surface area contributed by atoms with Crippen LogP contribution >= 0.6 is 12.4 Å². The van der Waals surface area contributed by atoms with E-state index in [1.165, 1.54) is 0 Å². The van der Waals surface area contributed by atoms with E-state index in [0.717, 1.165) is 0 Å². The molecule has 19 heavy (non-hydrogen) atoms. The third kappa shape index (κ3) is 2.68. The second-order valence-corrected chi connectivity index (χ2v) is 3.87. The van der Waals surface area contributed by atoms with Crippen molar-refractivity contribution in [1.29, 1.82) is 0 Å². The van der Waals surface area contributed by atoms with E-state index in [1.807, 2.05) is 0 Å². The van der Waals surface area contributed by atoms with Crippen molar-refractivity contribution in [3.63, 3.8) is 0 Å². The number of rotatable bonds is 2. The van der Waals surface area contributed by atoms with Crippen LogP contribution in [0, 0.1) is 11.8 Å². The fourth-order valence-electron chi connectivity index (χ4n) is 1.79. The van der Waals surface area contributed by atoms with Crippen LogP contribution in [-0.4, -0.2) is 38.6 Å². The number of aliphatic hydroxyl groups is 2. The summed E-state index contributed by atoms with van der Waals surface area (Å²) in [6, 6.07) is 0.